The Labute approximate surface area is 614 Å². The van der Waals surface area contributed by atoms with E-state index in [9.17, 15) is 69.0 Å². The molecule has 2 aromatic rings. The van der Waals surface area contributed by atoms with Crippen LogP contribution in [0.25, 0.3) is 11.1 Å². The number of ether oxygens (including phenoxy) is 2. The van der Waals surface area contributed by atoms with Crippen molar-refractivity contribution in [1.29, 1.82) is 0 Å². The maximum atomic E-state index is 15.6. The molecule has 0 aromatic heterocycles. The molecule has 0 bridgehead atoms. The zero-order valence-corrected chi connectivity index (χ0v) is 62.2. The number of carbonyl (C=O) groups excluding carboxylic acids is 12. The highest BCUT2D eigenvalue weighted by atomic mass is 16.6. The lowest BCUT2D eigenvalue weighted by molar-refractivity contribution is -0.172. The molecule has 10 rings (SSSR count). The minimum Gasteiger partial charge on any atom is -0.450 e. The highest BCUT2D eigenvalue weighted by molar-refractivity contribution is 6.01. The molecule has 34 nitrogen and oxygen atoms in total. The second-order valence-electron chi connectivity index (χ2n) is 31.2. The summed E-state index contributed by atoms with van der Waals surface area (Å²) in [6.07, 6.45) is -13.0. The van der Waals surface area contributed by atoms with Gasteiger partial charge in [0.1, 0.15) is 84.0 Å². The smallest absolute Gasteiger partial charge is 0.329 e. The molecule has 16 N–H and O–H groups in total. The Morgan fingerprint density at radius 3 is 1.17 bits per heavy atom. The highest BCUT2D eigenvalue weighted by Gasteiger charge is 2.64. The maximum absolute atomic E-state index is 15.6. The van der Waals surface area contributed by atoms with Crippen molar-refractivity contribution in [2.24, 2.45) is 35.5 Å². The molecule has 22 atom stereocenters. The number of fused-ring (bicyclic) bond motifs is 12. The average molecular weight is 1490 g/mol. The Morgan fingerprint density at radius 1 is 0.425 bits per heavy atom. The van der Waals surface area contributed by atoms with Crippen molar-refractivity contribution in [2.45, 2.75) is 256 Å². The number of rotatable bonds is 11. The van der Waals surface area contributed by atoms with Gasteiger partial charge in [0.25, 0.3) is 11.8 Å². The molecule has 106 heavy (non-hydrogen) atoms. The molecule has 8 aliphatic rings. The number of benzene rings is 2. The molecule has 6 fully saturated rings. The summed E-state index contributed by atoms with van der Waals surface area (Å²) >= 11 is 0. The lowest BCUT2D eigenvalue weighted by Crippen LogP contribution is -2.67. The molecular formula is C72H104N14O20. The monoisotopic (exact) mass is 1480 g/mol. The summed E-state index contributed by atoms with van der Waals surface area (Å²) < 4.78 is 11.9. The van der Waals surface area contributed by atoms with Gasteiger partial charge in [0.2, 0.25) is 47.3 Å². The van der Waals surface area contributed by atoms with Crippen LogP contribution in [0, 0.1) is 35.5 Å². The number of nitrogens with zero attached hydrogens (tertiary/aromatic N) is 4. The van der Waals surface area contributed by atoms with Gasteiger partial charge in [-0.05, 0) is 78.7 Å². The van der Waals surface area contributed by atoms with Crippen LogP contribution in [0.3, 0.4) is 0 Å². The molecule has 34 heteroatoms. The first-order valence-electron chi connectivity index (χ1n) is 36.8. The first-order valence-corrected chi connectivity index (χ1v) is 36.8. The van der Waals surface area contributed by atoms with Crippen LogP contribution in [0.2, 0.25) is 0 Å². The molecule has 0 saturated carbocycles. The third kappa shape index (κ3) is 15.1. The fourth-order valence-electron chi connectivity index (χ4n) is 15.5. The Morgan fingerprint density at radius 2 is 0.783 bits per heavy atom. The Balaban J connectivity index is 1.00. The van der Waals surface area contributed by atoms with Gasteiger partial charge < -0.3 is 92.4 Å². The van der Waals surface area contributed by atoms with E-state index in [1.54, 1.807) is 119 Å². The second kappa shape index (κ2) is 31.3. The minimum absolute atomic E-state index is 0.154. The summed E-state index contributed by atoms with van der Waals surface area (Å²) in [5.74, 6) is -15.8. The van der Waals surface area contributed by atoms with E-state index in [0.717, 1.165) is 19.8 Å². The van der Waals surface area contributed by atoms with E-state index in [4.69, 9.17) is 9.47 Å². The lowest BCUT2D eigenvalue weighted by atomic mass is 9.87. The van der Waals surface area contributed by atoms with Gasteiger partial charge in [-0.1, -0.05) is 114 Å². The van der Waals surface area contributed by atoms with Crippen molar-refractivity contribution < 1.29 is 97.6 Å². The van der Waals surface area contributed by atoms with Crippen molar-refractivity contribution in [2.75, 3.05) is 23.7 Å². The van der Waals surface area contributed by atoms with Crippen LogP contribution in [-0.4, -0.2) is 244 Å². The molecule has 0 aliphatic carbocycles. The normalized spacial score (nSPS) is 34.2. The molecular weight excluding hydrogens is 1380 g/mol. The topological polar surface area (TPSA) is 478 Å². The van der Waals surface area contributed by atoms with Gasteiger partial charge in [0, 0.05) is 61.3 Å². The number of cyclic esters (lactones) is 2. The summed E-state index contributed by atoms with van der Waals surface area (Å²) in [5, 5.41) is 95.5. The van der Waals surface area contributed by atoms with Gasteiger partial charge >= 0.3 is 11.9 Å². The fourth-order valence-corrected chi connectivity index (χ4v) is 15.5. The van der Waals surface area contributed by atoms with Crippen LogP contribution in [-0.2, 0) is 78.2 Å². The lowest BCUT2D eigenvalue weighted by Gasteiger charge is -2.40. The summed E-state index contributed by atoms with van der Waals surface area (Å²) in [4.78, 5) is 180. The van der Waals surface area contributed by atoms with E-state index >= 15 is 19.2 Å². The predicted molar refractivity (Wildman–Crippen MR) is 376 cm³/mol. The molecule has 8 heterocycles. The quantitative estimate of drug-likeness (QED) is 0.104. The Kier molecular flexibility index (Phi) is 23.6. The van der Waals surface area contributed by atoms with Crippen LogP contribution >= 0.6 is 0 Å². The molecule has 582 valence electrons. The van der Waals surface area contributed by atoms with Crippen LogP contribution in [0.1, 0.15) is 147 Å². The van der Waals surface area contributed by atoms with Crippen molar-refractivity contribution >= 4 is 82.4 Å². The molecule has 1 unspecified atom stereocenters. The molecule has 10 amide bonds. The largest absolute Gasteiger partial charge is 0.450 e. The van der Waals surface area contributed by atoms with Gasteiger partial charge in [0.15, 0.2) is 12.2 Å². The number of aliphatic hydroxyl groups is 6. The van der Waals surface area contributed by atoms with E-state index in [2.05, 4.69) is 53.4 Å². The number of anilines is 2. The summed E-state index contributed by atoms with van der Waals surface area (Å²) in [6.45, 7) is 21.7. The van der Waals surface area contributed by atoms with E-state index in [-0.39, 0.29) is 61.3 Å². The zero-order chi connectivity index (χ0) is 77.9. The van der Waals surface area contributed by atoms with E-state index in [1.807, 2.05) is 0 Å². The number of esters is 2. The molecule has 8 aliphatic heterocycles. The molecule has 6 saturated heterocycles. The van der Waals surface area contributed by atoms with Gasteiger partial charge in [-0.25, -0.2) is 20.4 Å². The summed E-state index contributed by atoms with van der Waals surface area (Å²) in [7, 11) is 0. The van der Waals surface area contributed by atoms with Crippen molar-refractivity contribution in [3.63, 3.8) is 0 Å². The zero-order valence-electron chi connectivity index (χ0n) is 62.2. The third-order valence-electron chi connectivity index (χ3n) is 22.1. The highest BCUT2D eigenvalue weighted by Crippen LogP contribution is 2.53. The van der Waals surface area contributed by atoms with Gasteiger partial charge in [-0.3, -0.25) is 58.0 Å². The standard InChI is InChI=1S/C72H104N14O20/c1-15-33(11)51-61(95)81-53(35(13)87)63(97)83-47(59(93)77-49(29(3)4)67(101)105-55(31(7)8)65(99)85-45(57(91)79-51)23-39(89)27-73-85)25-71(103)41-19-17-38(22-44(41)76-69(71)83)37-18-20-43-42(21-37)72(104)26-48-60(94)78-50(30(5)6)68(102)106-56(32(9)10)66(100)86-46(24-40(90)28-74-86)58(92)80-52(34(12)16-2)62(96)82-54(36(14)88)64(98)84(48)70(72)75-43/h17-22,29-36,39-40,45-56,69-70,73-76,87-90,103-104H,15-16,23-28H2,1-14H3,(H,77,93)(H,78,94)(H,79,91)(H,80,92)(H,81,95)(H,82,96)/t33-,34+,35+,36-,39-,40-,45+,46-,47+,48+,49-,50-,51+,52+,53+,54+,55+,56-,69+,70+,71-,72?/m1/s1. The van der Waals surface area contributed by atoms with Crippen molar-refractivity contribution in [1.82, 2.24) is 62.6 Å². The number of aliphatic hydroxyl groups excluding tert-OH is 4. The first-order chi connectivity index (χ1) is 49.8. The number of hydrazine groups is 2. The predicted octanol–water partition coefficient (Wildman–Crippen LogP) is -2.40. The van der Waals surface area contributed by atoms with Crippen LogP contribution in [0.5, 0.6) is 0 Å². The Hall–Kier alpha value is -8.64. The number of nitrogens with one attached hydrogen (secondary N) is 10. The van der Waals surface area contributed by atoms with Gasteiger partial charge in [0.05, 0.1) is 24.4 Å². The number of amides is 10. The van der Waals surface area contributed by atoms with Crippen molar-refractivity contribution in [3.8, 4) is 11.1 Å². The SMILES string of the molecule is CC[C@@H](C)[C@@H]1NC(=O)[C@@H]2C[C@@H](O)CNN2C(=O)[C@H](C(C)C)OC(=O)[C@@H](C(C)C)NC(=O)[C@@H]2C[C@@]3(O)c4ccc(-c5ccc6c(c5)C5(O)C[C@H]7C(=O)N[C@H](C(C)C)C(=O)O[C@H](C(C)C)C(=O)N8NC[C@H](O)C[C@@H]8C(=O)N[C@@H]([C@@H](C)CC)C(=O)N[C@@H]([C@@H](C)O)C(=O)N7[C@@H]5N6)cc4N[C@H]3N2C(=O)[C@H]([C@H](C)O)NC1=O. The number of β-amino-alcohol motifs (C(OH)–C–C–N with tert-alkyl or cyclic N) is 2. The first kappa shape index (κ1) is 79.9. The average Bonchev–Trinajstić information content (AvgIpc) is 1.55. The second-order valence-corrected chi connectivity index (χ2v) is 31.2. The van der Waals surface area contributed by atoms with Crippen LogP contribution in [0.4, 0.5) is 11.4 Å². The number of hydrogen-bond donors (Lipinski definition) is 16. The fraction of sp³-hybridized carbons (Fsp3) is 0.667. The minimum atomic E-state index is -2.19. The number of carbonyl (C=O) groups is 12. The van der Waals surface area contributed by atoms with E-state index in [0.29, 0.717) is 11.1 Å². The van der Waals surface area contributed by atoms with Gasteiger partial charge in [-0.2, -0.15) is 0 Å². The van der Waals surface area contributed by atoms with E-state index in [1.165, 1.54) is 13.8 Å². The summed E-state index contributed by atoms with van der Waals surface area (Å²) in [6, 6.07) is -6.20. The molecule has 0 spiro atoms. The van der Waals surface area contributed by atoms with Crippen LogP contribution < -0.4 is 53.4 Å². The summed E-state index contributed by atoms with van der Waals surface area (Å²) in [5.41, 5.74) is 2.84. The van der Waals surface area contributed by atoms with Gasteiger partial charge in [-0.15, -0.1) is 0 Å². The third-order valence-corrected chi connectivity index (χ3v) is 22.1. The van der Waals surface area contributed by atoms with Crippen molar-refractivity contribution in [3.05, 3.63) is 47.5 Å². The Bertz CT molecular complexity index is 3780. The molecule has 0 radical (unpaired) electrons. The van der Waals surface area contributed by atoms with Crippen LogP contribution in [0.15, 0.2) is 36.4 Å². The van der Waals surface area contributed by atoms with E-state index < -0.39 is 240 Å². The molecule has 2 aromatic carbocycles. The number of hydrogen-bond acceptors (Lipinski definition) is 24. The maximum Gasteiger partial charge on any atom is 0.329 e.